The molecule has 0 atom stereocenters. The van der Waals surface area contributed by atoms with E-state index in [-0.39, 0.29) is 0 Å². The van der Waals surface area contributed by atoms with Crippen LogP contribution in [-0.2, 0) is 17.6 Å². The van der Waals surface area contributed by atoms with Crippen molar-refractivity contribution >= 4 is 49.3 Å². The predicted octanol–water partition coefficient (Wildman–Crippen LogP) is 5.41. The molecule has 1 N–H and O–H groups in total. The first-order chi connectivity index (χ1) is 13.6. The van der Waals surface area contributed by atoms with Crippen molar-refractivity contribution in [3.8, 4) is 0 Å². The van der Waals surface area contributed by atoms with Gasteiger partial charge in [-0.05, 0) is 55.9 Å². The van der Waals surface area contributed by atoms with Crippen molar-refractivity contribution in [2.45, 2.75) is 57.5 Å². The smallest absolute Gasteiger partial charge is 0.189 e. The summed E-state index contributed by atoms with van der Waals surface area (Å²) in [4.78, 5) is 15.9. The summed E-state index contributed by atoms with van der Waals surface area (Å²) in [6.07, 6.45) is 6.50. The monoisotopic (exact) mass is 416 g/mol. The molecule has 0 spiro atoms. The van der Waals surface area contributed by atoms with E-state index in [9.17, 15) is 0 Å². The molecule has 0 unspecified atom stereocenters. The molecule has 150 valence electrons. The van der Waals surface area contributed by atoms with Gasteiger partial charge in [0.2, 0.25) is 0 Å². The lowest BCUT2D eigenvalue weighted by Crippen LogP contribution is -2.07. The molecule has 28 heavy (non-hydrogen) atoms. The minimum atomic E-state index is 0.450. The highest BCUT2D eigenvalue weighted by atomic mass is 32.2. The van der Waals surface area contributed by atoms with Crippen molar-refractivity contribution in [3.63, 3.8) is 0 Å². The molecular weight excluding hydrogens is 388 g/mol. The molecule has 7 heteroatoms. The predicted molar refractivity (Wildman–Crippen MR) is 120 cm³/mol. The molecular formula is C21H28N4OS2. The summed E-state index contributed by atoms with van der Waals surface area (Å²) in [5, 5.41) is 5.61. The van der Waals surface area contributed by atoms with Crippen LogP contribution in [0.25, 0.3) is 20.4 Å². The summed E-state index contributed by atoms with van der Waals surface area (Å²) < 4.78 is 6.58. The van der Waals surface area contributed by atoms with Crippen LogP contribution in [0.1, 0.15) is 56.4 Å². The number of aryl methyl sites for hydroxylation is 1. The van der Waals surface area contributed by atoms with Crippen LogP contribution < -0.4 is 5.32 Å². The number of pyridine rings is 1. The van der Waals surface area contributed by atoms with Gasteiger partial charge in [-0.3, -0.25) is 0 Å². The highest BCUT2D eigenvalue weighted by Crippen LogP contribution is 2.43. The Morgan fingerprint density at radius 3 is 2.75 bits per heavy atom. The zero-order valence-corrected chi connectivity index (χ0v) is 18.7. The number of aromatic nitrogens is 3. The molecule has 3 aromatic heterocycles. The summed E-state index contributed by atoms with van der Waals surface area (Å²) in [5.74, 6) is 1.39. The number of hydrogen-bond donors (Lipinski definition) is 1. The first-order valence-electron chi connectivity index (χ1n) is 10.2. The van der Waals surface area contributed by atoms with Crippen LogP contribution in [0, 0.1) is 0 Å². The maximum Gasteiger partial charge on any atom is 0.189 e. The SMILES string of the molecule is CCOCCCNc1nc(SC)nc2c1sc1nc(C(C)C)c3c(c12)CCC3. The zero-order chi connectivity index (χ0) is 19.7. The number of anilines is 1. The summed E-state index contributed by atoms with van der Waals surface area (Å²) in [5.41, 5.74) is 5.30. The third kappa shape index (κ3) is 3.60. The molecule has 1 aliphatic rings. The Hall–Kier alpha value is -1.44. The van der Waals surface area contributed by atoms with Crippen LogP contribution >= 0.6 is 23.1 Å². The van der Waals surface area contributed by atoms with E-state index in [0.29, 0.717) is 5.92 Å². The third-order valence-corrected chi connectivity index (χ3v) is 6.86. The lowest BCUT2D eigenvalue weighted by Gasteiger charge is -2.12. The molecule has 0 saturated heterocycles. The largest absolute Gasteiger partial charge is 0.382 e. The second-order valence-corrected chi connectivity index (χ2v) is 9.23. The standard InChI is InChI=1S/C21H28N4OS2/c1-5-26-11-7-10-22-19-18-17(24-21(25-19)27-4)15-13-8-6-9-14(13)16(12(2)3)23-20(15)28-18/h12H,5-11H2,1-4H3,(H,22,24,25). The second-order valence-electron chi connectivity index (χ2n) is 7.46. The van der Waals surface area contributed by atoms with Crippen LogP contribution in [0.15, 0.2) is 5.16 Å². The van der Waals surface area contributed by atoms with Gasteiger partial charge in [-0.15, -0.1) is 11.3 Å². The van der Waals surface area contributed by atoms with Gasteiger partial charge in [-0.1, -0.05) is 25.6 Å². The van der Waals surface area contributed by atoms with Gasteiger partial charge in [-0.2, -0.15) is 0 Å². The molecule has 0 amide bonds. The maximum atomic E-state index is 5.45. The Kier molecular flexibility index (Phi) is 6.04. The Bertz CT molecular complexity index is 999. The molecule has 0 fully saturated rings. The van der Waals surface area contributed by atoms with E-state index in [0.717, 1.165) is 65.0 Å². The summed E-state index contributed by atoms with van der Waals surface area (Å²) in [7, 11) is 0. The van der Waals surface area contributed by atoms with Crippen LogP contribution in [0.4, 0.5) is 5.82 Å². The Balaban J connectivity index is 1.83. The summed E-state index contributed by atoms with van der Waals surface area (Å²) >= 11 is 3.33. The Labute approximate surface area is 174 Å². The molecule has 0 radical (unpaired) electrons. The lowest BCUT2D eigenvalue weighted by atomic mass is 9.99. The van der Waals surface area contributed by atoms with Crippen molar-refractivity contribution in [1.82, 2.24) is 15.0 Å². The van der Waals surface area contributed by atoms with E-state index in [4.69, 9.17) is 19.7 Å². The molecule has 0 aliphatic heterocycles. The first-order valence-corrected chi connectivity index (χ1v) is 12.2. The molecule has 1 aliphatic carbocycles. The van der Waals surface area contributed by atoms with E-state index in [1.165, 1.54) is 28.6 Å². The number of hydrogen-bond acceptors (Lipinski definition) is 7. The molecule has 0 bridgehead atoms. The number of ether oxygens (including phenoxy) is 1. The zero-order valence-electron chi connectivity index (χ0n) is 17.1. The van der Waals surface area contributed by atoms with Gasteiger partial charge in [0.15, 0.2) is 5.16 Å². The fourth-order valence-electron chi connectivity index (χ4n) is 3.99. The average molecular weight is 417 g/mol. The second kappa shape index (κ2) is 8.51. The van der Waals surface area contributed by atoms with Crippen LogP contribution in [-0.4, -0.2) is 41.0 Å². The average Bonchev–Trinajstić information content (AvgIpc) is 3.30. The fourth-order valence-corrected chi connectivity index (χ4v) is 5.47. The van der Waals surface area contributed by atoms with Crippen molar-refractivity contribution in [2.75, 3.05) is 31.3 Å². The highest BCUT2D eigenvalue weighted by Gasteiger charge is 2.25. The molecule has 5 nitrogen and oxygen atoms in total. The van der Waals surface area contributed by atoms with Crippen molar-refractivity contribution in [3.05, 3.63) is 16.8 Å². The molecule has 0 saturated carbocycles. The third-order valence-electron chi connectivity index (χ3n) is 5.24. The number of thioether (sulfide) groups is 1. The number of fused-ring (bicyclic) bond motifs is 5. The first kappa shape index (κ1) is 19.9. The van der Waals surface area contributed by atoms with Gasteiger partial charge >= 0.3 is 0 Å². The van der Waals surface area contributed by atoms with E-state index in [2.05, 4.69) is 19.2 Å². The topological polar surface area (TPSA) is 59.9 Å². The van der Waals surface area contributed by atoms with Crippen molar-refractivity contribution < 1.29 is 4.74 Å². The van der Waals surface area contributed by atoms with Gasteiger partial charge in [0.25, 0.3) is 0 Å². The van der Waals surface area contributed by atoms with E-state index in [1.54, 1.807) is 23.1 Å². The highest BCUT2D eigenvalue weighted by molar-refractivity contribution is 7.98. The van der Waals surface area contributed by atoms with Crippen molar-refractivity contribution in [2.24, 2.45) is 0 Å². The molecule has 3 heterocycles. The van der Waals surface area contributed by atoms with Gasteiger partial charge in [-0.25, -0.2) is 15.0 Å². The summed E-state index contributed by atoms with van der Waals surface area (Å²) in [6.45, 7) is 8.90. The van der Waals surface area contributed by atoms with Crippen molar-refractivity contribution in [1.29, 1.82) is 0 Å². The van der Waals surface area contributed by atoms with E-state index in [1.807, 2.05) is 13.2 Å². The number of thiophene rings is 1. The minimum absolute atomic E-state index is 0.450. The van der Waals surface area contributed by atoms with Gasteiger partial charge in [0.05, 0.1) is 10.2 Å². The molecule has 3 aromatic rings. The Morgan fingerprint density at radius 2 is 2.00 bits per heavy atom. The maximum absolute atomic E-state index is 5.45. The lowest BCUT2D eigenvalue weighted by molar-refractivity contribution is 0.147. The molecule has 0 aromatic carbocycles. The number of nitrogens with one attached hydrogen (secondary N) is 1. The number of rotatable bonds is 8. The van der Waals surface area contributed by atoms with Gasteiger partial charge < -0.3 is 10.1 Å². The summed E-state index contributed by atoms with van der Waals surface area (Å²) in [6, 6.07) is 0. The van der Waals surface area contributed by atoms with Crippen LogP contribution in [0.3, 0.4) is 0 Å². The van der Waals surface area contributed by atoms with Gasteiger partial charge in [0.1, 0.15) is 10.6 Å². The van der Waals surface area contributed by atoms with E-state index >= 15 is 0 Å². The van der Waals surface area contributed by atoms with Gasteiger partial charge in [0, 0.05) is 30.8 Å². The van der Waals surface area contributed by atoms with Crippen LogP contribution in [0.2, 0.25) is 0 Å². The minimum Gasteiger partial charge on any atom is -0.382 e. The van der Waals surface area contributed by atoms with E-state index < -0.39 is 0 Å². The number of nitrogens with zero attached hydrogens (tertiary/aromatic N) is 3. The molecule has 4 rings (SSSR count). The van der Waals surface area contributed by atoms with Crippen LogP contribution in [0.5, 0.6) is 0 Å². The normalized spacial score (nSPS) is 13.8. The Morgan fingerprint density at radius 1 is 1.18 bits per heavy atom. The quantitative estimate of drug-likeness (QED) is 0.301. The fraction of sp³-hybridized carbons (Fsp3) is 0.571.